The number of hydrogen-bond acceptors (Lipinski definition) is 7. The quantitative estimate of drug-likeness (QED) is 0.624. The van der Waals surface area contributed by atoms with Gasteiger partial charge >= 0.3 is 0 Å². The molecule has 1 amide bonds. The lowest BCUT2D eigenvalue weighted by atomic mass is 10.1. The Morgan fingerprint density at radius 1 is 1.09 bits per heavy atom. The van der Waals surface area contributed by atoms with Crippen LogP contribution in [-0.4, -0.2) is 66.8 Å². The van der Waals surface area contributed by atoms with Gasteiger partial charge in [0.1, 0.15) is 0 Å². The minimum atomic E-state index is 0.181. The Morgan fingerprint density at radius 3 is 2.66 bits per heavy atom. The summed E-state index contributed by atoms with van der Waals surface area (Å²) < 4.78 is 16.8. The van der Waals surface area contributed by atoms with Gasteiger partial charge in [-0.05, 0) is 38.0 Å². The highest BCUT2D eigenvalue weighted by molar-refractivity contribution is 5.76. The number of fused-ring (bicyclic) bond motifs is 1. The van der Waals surface area contributed by atoms with Gasteiger partial charge in [-0.3, -0.25) is 4.79 Å². The lowest BCUT2D eigenvalue weighted by Crippen LogP contribution is -2.49. The summed E-state index contributed by atoms with van der Waals surface area (Å²) >= 11 is 0. The van der Waals surface area contributed by atoms with Gasteiger partial charge in [0.2, 0.25) is 11.9 Å². The number of aryl methyl sites for hydroxylation is 1. The molecule has 0 aliphatic carbocycles. The molecule has 1 saturated heterocycles. The minimum Gasteiger partial charge on any atom is -0.490 e. The van der Waals surface area contributed by atoms with Crippen molar-refractivity contribution >= 4 is 11.9 Å². The predicted octanol–water partition coefficient (Wildman–Crippen LogP) is 2.63. The first-order valence-corrected chi connectivity index (χ1v) is 11.5. The third-order valence-corrected chi connectivity index (χ3v) is 5.83. The first-order chi connectivity index (χ1) is 15.7. The standard InChI is InChI=1S/C24H32N4O4/c1-3-31-21-7-5-18(15-22(21)32-4-2)6-8-23(29)27-10-12-28(13-11-27)24-25-16-19-17-30-14-9-20(19)26-24/h5,7,15-16H,3-4,6,8-14,17H2,1-2H3. The van der Waals surface area contributed by atoms with Crippen LogP contribution in [0.5, 0.6) is 11.5 Å². The molecular formula is C24H32N4O4. The molecule has 172 valence electrons. The smallest absolute Gasteiger partial charge is 0.225 e. The molecule has 8 nitrogen and oxygen atoms in total. The molecule has 8 heteroatoms. The van der Waals surface area contributed by atoms with E-state index in [1.54, 1.807) is 0 Å². The summed E-state index contributed by atoms with van der Waals surface area (Å²) in [5.74, 6) is 2.43. The normalized spacial score (nSPS) is 15.9. The van der Waals surface area contributed by atoms with Gasteiger partial charge in [-0.2, -0.15) is 0 Å². The summed E-state index contributed by atoms with van der Waals surface area (Å²) in [5.41, 5.74) is 3.24. The summed E-state index contributed by atoms with van der Waals surface area (Å²) in [4.78, 5) is 26.2. The summed E-state index contributed by atoms with van der Waals surface area (Å²) in [5, 5.41) is 0. The van der Waals surface area contributed by atoms with Gasteiger partial charge in [0.25, 0.3) is 0 Å². The number of aromatic nitrogens is 2. The zero-order valence-corrected chi connectivity index (χ0v) is 19.0. The lowest BCUT2D eigenvalue weighted by Gasteiger charge is -2.35. The van der Waals surface area contributed by atoms with Gasteiger partial charge in [0.05, 0.1) is 32.1 Å². The highest BCUT2D eigenvalue weighted by atomic mass is 16.5. The van der Waals surface area contributed by atoms with Gasteiger partial charge < -0.3 is 24.0 Å². The van der Waals surface area contributed by atoms with Crippen molar-refractivity contribution < 1.29 is 19.0 Å². The molecule has 0 radical (unpaired) electrons. The largest absolute Gasteiger partial charge is 0.490 e. The number of ether oxygens (including phenoxy) is 3. The molecule has 0 saturated carbocycles. The second kappa shape index (κ2) is 10.6. The zero-order chi connectivity index (χ0) is 22.3. The number of rotatable bonds is 8. The van der Waals surface area contributed by atoms with Crippen molar-refractivity contribution in [1.29, 1.82) is 0 Å². The fourth-order valence-corrected chi connectivity index (χ4v) is 4.09. The Hall–Kier alpha value is -2.87. The van der Waals surface area contributed by atoms with Crippen LogP contribution in [0.15, 0.2) is 24.4 Å². The molecule has 2 aliphatic rings. The van der Waals surface area contributed by atoms with Crippen LogP contribution in [-0.2, 0) is 29.0 Å². The molecule has 2 aliphatic heterocycles. The van der Waals surface area contributed by atoms with E-state index in [-0.39, 0.29) is 5.91 Å². The summed E-state index contributed by atoms with van der Waals surface area (Å²) in [6.07, 6.45) is 3.87. The van der Waals surface area contributed by atoms with E-state index in [0.717, 1.165) is 53.8 Å². The predicted molar refractivity (Wildman–Crippen MR) is 121 cm³/mol. The Balaban J connectivity index is 1.29. The van der Waals surface area contributed by atoms with Crippen molar-refractivity contribution in [3.05, 3.63) is 41.2 Å². The average Bonchev–Trinajstić information content (AvgIpc) is 2.84. The Morgan fingerprint density at radius 2 is 1.88 bits per heavy atom. The van der Waals surface area contributed by atoms with Crippen molar-refractivity contribution in [2.75, 3.05) is 50.9 Å². The fourth-order valence-electron chi connectivity index (χ4n) is 4.09. The summed E-state index contributed by atoms with van der Waals surface area (Å²) in [7, 11) is 0. The molecule has 3 heterocycles. The molecule has 1 aromatic carbocycles. The number of anilines is 1. The van der Waals surface area contributed by atoms with Gasteiger partial charge in [-0.15, -0.1) is 0 Å². The van der Waals surface area contributed by atoms with E-state index in [1.807, 2.05) is 43.1 Å². The van der Waals surface area contributed by atoms with Crippen molar-refractivity contribution in [2.24, 2.45) is 0 Å². The Kier molecular flexibility index (Phi) is 7.42. The molecule has 1 fully saturated rings. The number of hydrogen-bond donors (Lipinski definition) is 0. The monoisotopic (exact) mass is 440 g/mol. The van der Waals surface area contributed by atoms with Crippen LogP contribution in [0.2, 0.25) is 0 Å². The van der Waals surface area contributed by atoms with E-state index in [2.05, 4.69) is 9.88 Å². The maximum absolute atomic E-state index is 12.8. The van der Waals surface area contributed by atoms with Crippen LogP contribution < -0.4 is 14.4 Å². The van der Waals surface area contributed by atoms with Gasteiger partial charge in [0.15, 0.2) is 11.5 Å². The SMILES string of the molecule is CCOc1ccc(CCC(=O)N2CCN(c3ncc4c(n3)CCOC4)CC2)cc1OCC. The number of piperazine rings is 1. The van der Waals surface area contributed by atoms with Crippen LogP contribution in [0, 0.1) is 0 Å². The maximum Gasteiger partial charge on any atom is 0.225 e. The van der Waals surface area contributed by atoms with Crippen molar-refractivity contribution in [2.45, 2.75) is 39.7 Å². The third kappa shape index (κ3) is 5.30. The highest BCUT2D eigenvalue weighted by Crippen LogP contribution is 2.29. The Labute approximate surface area is 189 Å². The molecule has 0 N–H and O–H groups in total. The maximum atomic E-state index is 12.8. The van der Waals surface area contributed by atoms with E-state index in [1.165, 1.54) is 0 Å². The number of carbonyl (C=O) groups excluding carboxylic acids is 1. The van der Waals surface area contributed by atoms with Crippen LogP contribution in [0.4, 0.5) is 5.95 Å². The molecule has 0 unspecified atom stereocenters. The average molecular weight is 441 g/mol. The topological polar surface area (TPSA) is 77.0 Å². The van der Waals surface area contributed by atoms with Crippen molar-refractivity contribution in [3.63, 3.8) is 0 Å². The number of amides is 1. The molecule has 4 rings (SSSR count). The summed E-state index contributed by atoms with van der Waals surface area (Å²) in [6.45, 7) is 9.26. The third-order valence-electron chi connectivity index (χ3n) is 5.83. The van der Waals surface area contributed by atoms with Gasteiger partial charge in [-0.1, -0.05) is 6.07 Å². The zero-order valence-electron chi connectivity index (χ0n) is 19.0. The van der Waals surface area contributed by atoms with Crippen molar-refractivity contribution in [3.8, 4) is 11.5 Å². The Bertz CT molecular complexity index is 928. The van der Waals surface area contributed by atoms with E-state index in [4.69, 9.17) is 19.2 Å². The highest BCUT2D eigenvalue weighted by Gasteiger charge is 2.23. The van der Waals surface area contributed by atoms with E-state index in [9.17, 15) is 4.79 Å². The number of benzene rings is 1. The molecule has 32 heavy (non-hydrogen) atoms. The molecule has 1 aromatic heterocycles. The van der Waals surface area contributed by atoms with E-state index in [0.29, 0.717) is 52.4 Å². The van der Waals surface area contributed by atoms with E-state index < -0.39 is 0 Å². The first kappa shape index (κ1) is 22.3. The molecule has 0 atom stereocenters. The van der Waals surface area contributed by atoms with Gasteiger partial charge in [0, 0.05) is 50.8 Å². The number of nitrogens with zero attached hydrogens (tertiary/aromatic N) is 4. The minimum absolute atomic E-state index is 0.181. The second-order valence-corrected chi connectivity index (χ2v) is 7.96. The molecule has 2 aromatic rings. The van der Waals surface area contributed by atoms with E-state index >= 15 is 0 Å². The second-order valence-electron chi connectivity index (χ2n) is 7.96. The lowest BCUT2D eigenvalue weighted by molar-refractivity contribution is -0.131. The van der Waals surface area contributed by atoms with Crippen molar-refractivity contribution in [1.82, 2.24) is 14.9 Å². The molecule has 0 bridgehead atoms. The first-order valence-electron chi connectivity index (χ1n) is 11.5. The number of carbonyl (C=O) groups is 1. The summed E-state index contributed by atoms with van der Waals surface area (Å²) in [6, 6.07) is 5.92. The van der Waals surface area contributed by atoms with Gasteiger partial charge in [-0.25, -0.2) is 9.97 Å². The van der Waals surface area contributed by atoms with Crippen LogP contribution in [0.25, 0.3) is 0 Å². The fraction of sp³-hybridized carbons (Fsp3) is 0.542. The van der Waals surface area contributed by atoms with Crippen LogP contribution >= 0.6 is 0 Å². The van der Waals surface area contributed by atoms with Crippen LogP contribution in [0.1, 0.15) is 37.1 Å². The van der Waals surface area contributed by atoms with Crippen LogP contribution in [0.3, 0.4) is 0 Å². The molecular weight excluding hydrogens is 408 g/mol. The molecule has 0 spiro atoms.